The molecule has 2 aliphatic rings. The molecule has 1 saturated heterocycles. The summed E-state index contributed by atoms with van der Waals surface area (Å²) < 4.78 is 5.65. The van der Waals surface area contributed by atoms with Crippen LogP contribution in [0.3, 0.4) is 0 Å². The van der Waals surface area contributed by atoms with Crippen molar-refractivity contribution in [2.45, 2.75) is 68.9 Å². The van der Waals surface area contributed by atoms with E-state index in [0.29, 0.717) is 11.4 Å². The third kappa shape index (κ3) is 3.86. The topological polar surface area (TPSA) is 64.3 Å². The van der Waals surface area contributed by atoms with E-state index >= 15 is 0 Å². The van der Waals surface area contributed by atoms with E-state index in [0.717, 1.165) is 31.6 Å². The van der Waals surface area contributed by atoms with Gasteiger partial charge in [-0.15, -0.1) is 0 Å². The lowest BCUT2D eigenvalue weighted by molar-refractivity contribution is -0.124. The number of carbonyl (C=O) groups is 1. The minimum atomic E-state index is -0.484. The van der Waals surface area contributed by atoms with Crippen LogP contribution in [0.25, 0.3) is 0 Å². The van der Waals surface area contributed by atoms with E-state index in [4.69, 9.17) is 10.5 Å². The molecule has 110 valence electrons. The molecule has 4 nitrogen and oxygen atoms in total. The van der Waals surface area contributed by atoms with Crippen molar-refractivity contribution in [1.29, 1.82) is 0 Å². The van der Waals surface area contributed by atoms with Gasteiger partial charge in [-0.05, 0) is 46.0 Å². The highest BCUT2D eigenvalue weighted by atomic mass is 32.2. The number of amides is 1. The largest absolute Gasteiger partial charge is 0.377 e. The Labute approximate surface area is 120 Å². The Bertz CT molecular complexity index is 319. The molecule has 19 heavy (non-hydrogen) atoms. The van der Waals surface area contributed by atoms with Crippen molar-refractivity contribution < 1.29 is 9.53 Å². The van der Waals surface area contributed by atoms with Gasteiger partial charge in [0.2, 0.25) is 5.91 Å². The van der Waals surface area contributed by atoms with Gasteiger partial charge in [-0.1, -0.05) is 0 Å². The number of hydrogen-bond donors (Lipinski definition) is 2. The van der Waals surface area contributed by atoms with Crippen molar-refractivity contribution in [1.82, 2.24) is 5.32 Å². The van der Waals surface area contributed by atoms with Crippen LogP contribution in [0.1, 0.15) is 46.0 Å². The number of nitrogens with one attached hydrogen (secondary N) is 1. The maximum absolute atomic E-state index is 11.8. The van der Waals surface area contributed by atoms with Crippen LogP contribution < -0.4 is 11.1 Å². The van der Waals surface area contributed by atoms with Gasteiger partial charge >= 0.3 is 0 Å². The second-order valence-electron chi connectivity index (χ2n) is 6.08. The van der Waals surface area contributed by atoms with Crippen molar-refractivity contribution in [3.63, 3.8) is 0 Å². The molecule has 0 aromatic rings. The molecule has 0 aromatic heterocycles. The van der Waals surface area contributed by atoms with Crippen LogP contribution >= 0.6 is 11.8 Å². The smallest absolute Gasteiger partial charge is 0.237 e. The van der Waals surface area contributed by atoms with Crippen LogP contribution in [0, 0.1) is 0 Å². The first-order valence-electron chi connectivity index (χ1n) is 7.33. The fourth-order valence-electron chi connectivity index (χ4n) is 3.14. The van der Waals surface area contributed by atoms with Gasteiger partial charge in [-0.3, -0.25) is 4.79 Å². The summed E-state index contributed by atoms with van der Waals surface area (Å²) >= 11 is 1.96. The summed E-state index contributed by atoms with van der Waals surface area (Å²) in [5.74, 6) is 0.864. The van der Waals surface area contributed by atoms with E-state index in [1.807, 2.05) is 11.8 Å². The third-order valence-electron chi connectivity index (χ3n) is 4.05. The zero-order valence-electron chi connectivity index (χ0n) is 12.0. The molecule has 0 spiro atoms. The van der Waals surface area contributed by atoms with E-state index in [-0.39, 0.29) is 11.9 Å². The molecule has 1 aliphatic heterocycles. The predicted molar refractivity (Wildman–Crippen MR) is 79.3 cm³/mol. The highest BCUT2D eigenvalue weighted by molar-refractivity contribution is 7.99. The highest BCUT2D eigenvalue weighted by Gasteiger charge is 2.44. The van der Waals surface area contributed by atoms with Gasteiger partial charge in [0.05, 0.1) is 11.6 Å². The van der Waals surface area contributed by atoms with E-state index in [9.17, 15) is 4.79 Å². The Balaban J connectivity index is 1.83. The normalized spacial score (nSPS) is 35.1. The lowest BCUT2D eigenvalue weighted by Gasteiger charge is -2.29. The predicted octanol–water partition coefficient (Wildman–Crippen LogP) is 1.67. The number of thioether (sulfide) groups is 1. The standard InChI is InChI=1S/C14H26N2O2S/c1-10(2)16-14(13(15)17)6-5-12(8-14)19-9-11-4-3-7-18-11/h10-12,16H,3-9H2,1-2H3,(H2,15,17). The molecule has 3 atom stereocenters. The molecule has 2 rings (SSSR count). The number of rotatable bonds is 6. The first kappa shape index (κ1) is 15.1. The van der Waals surface area contributed by atoms with E-state index < -0.39 is 5.54 Å². The fraction of sp³-hybridized carbons (Fsp3) is 0.929. The number of primary amides is 1. The quantitative estimate of drug-likeness (QED) is 0.779. The summed E-state index contributed by atoms with van der Waals surface area (Å²) in [4.78, 5) is 11.8. The minimum Gasteiger partial charge on any atom is -0.377 e. The van der Waals surface area contributed by atoms with Crippen molar-refractivity contribution >= 4 is 17.7 Å². The van der Waals surface area contributed by atoms with Crippen LogP contribution in [0.4, 0.5) is 0 Å². The summed E-state index contributed by atoms with van der Waals surface area (Å²) in [6, 6.07) is 0.286. The number of nitrogens with two attached hydrogens (primary N) is 1. The summed E-state index contributed by atoms with van der Waals surface area (Å²) in [6.45, 7) is 5.05. The van der Waals surface area contributed by atoms with E-state index in [1.165, 1.54) is 12.8 Å². The van der Waals surface area contributed by atoms with Crippen LogP contribution in [0.2, 0.25) is 0 Å². The number of hydrogen-bond acceptors (Lipinski definition) is 4. The van der Waals surface area contributed by atoms with Crippen LogP contribution in [-0.4, -0.2) is 41.2 Å². The number of ether oxygens (including phenoxy) is 1. The molecule has 0 aromatic carbocycles. The molecular weight excluding hydrogens is 260 g/mol. The second kappa shape index (κ2) is 6.46. The zero-order chi connectivity index (χ0) is 13.9. The molecule has 5 heteroatoms. The van der Waals surface area contributed by atoms with Gasteiger partial charge in [-0.2, -0.15) is 11.8 Å². The molecule has 1 heterocycles. The van der Waals surface area contributed by atoms with Crippen LogP contribution in [0.15, 0.2) is 0 Å². The molecule has 1 amide bonds. The van der Waals surface area contributed by atoms with Gasteiger partial charge in [0.1, 0.15) is 0 Å². The molecule has 1 aliphatic carbocycles. The molecule has 0 bridgehead atoms. The van der Waals surface area contributed by atoms with Crippen LogP contribution in [0.5, 0.6) is 0 Å². The van der Waals surface area contributed by atoms with Gasteiger partial charge in [-0.25, -0.2) is 0 Å². The molecule has 3 N–H and O–H groups in total. The molecule has 3 unspecified atom stereocenters. The van der Waals surface area contributed by atoms with E-state index in [1.54, 1.807) is 0 Å². The first-order chi connectivity index (χ1) is 9.02. The first-order valence-corrected chi connectivity index (χ1v) is 8.37. The monoisotopic (exact) mass is 286 g/mol. The third-order valence-corrected chi connectivity index (χ3v) is 5.49. The Morgan fingerprint density at radius 3 is 2.89 bits per heavy atom. The Morgan fingerprint density at radius 1 is 1.53 bits per heavy atom. The average Bonchev–Trinajstić information content (AvgIpc) is 2.95. The molecule has 1 saturated carbocycles. The van der Waals surface area contributed by atoms with Gasteiger partial charge in [0, 0.05) is 23.7 Å². The average molecular weight is 286 g/mol. The molecular formula is C14H26N2O2S. The summed E-state index contributed by atoms with van der Waals surface area (Å²) in [6.07, 6.45) is 5.59. The number of carbonyl (C=O) groups excluding carboxylic acids is 1. The summed E-state index contributed by atoms with van der Waals surface area (Å²) in [7, 11) is 0. The Hall–Kier alpha value is -0.260. The Kier molecular flexibility index (Phi) is 5.15. The lowest BCUT2D eigenvalue weighted by Crippen LogP contribution is -2.56. The molecule has 0 radical (unpaired) electrons. The minimum absolute atomic E-state index is 0.193. The SMILES string of the molecule is CC(C)NC1(C(N)=O)CCC(SCC2CCCO2)C1. The van der Waals surface area contributed by atoms with Crippen molar-refractivity contribution in [3.8, 4) is 0 Å². The second-order valence-corrected chi connectivity index (χ2v) is 7.41. The van der Waals surface area contributed by atoms with E-state index in [2.05, 4.69) is 19.2 Å². The highest BCUT2D eigenvalue weighted by Crippen LogP contribution is 2.38. The van der Waals surface area contributed by atoms with Crippen molar-refractivity contribution in [2.24, 2.45) is 5.73 Å². The summed E-state index contributed by atoms with van der Waals surface area (Å²) in [5, 5.41) is 3.92. The Morgan fingerprint density at radius 2 is 2.32 bits per heavy atom. The van der Waals surface area contributed by atoms with Gasteiger partial charge < -0.3 is 15.8 Å². The fourth-order valence-corrected chi connectivity index (χ4v) is 4.58. The maximum Gasteiger partial charge on any atom is 0.237 e. The van der Waals surface area contributed by atoms with Gasteiger partial charge in [0.25, 0.3) is 0 Å². The molecule has 2 fully saturated rings. The lowest BCUT2D eigenvalue weighted by atomic mass is 9.96. The van der Waals surface area contributed by atoms with Crippen molar-refractivity contribution in [3.05, 3.63) is 0 Å². The maximum atomic E-state index is 11.8. The van der Waals surface area contributed by atoms with Crippen LogP contribution in [-0.2, 0) is 9.53 Å². The van der Waals surface area contributed by atoms with Crippen molar-refractivity contribution in [2.75, 3.05) is 12.4 Å². The van der Waals surface area contributed by atoms with Gasteiger partial charge in [0.15, 0.2) is 0 Å². The summed E-state index contributed by atoms with van der Waals surface area (Å²) in [5.41, 5.74) is 5.14. The zero-order valence-corrected chi connectivity index (χ0v) is 12.8.